The second kappa shape index (κ2) is 9.16. The van der Waals surface area contributed by atoms with Crippen molar-refractivity contribution in [2.75, 3.05) is 14.2 Å². The molecule has 0 N–H and O–H groups in total. The van der Waals surface area contributed by atoms with Crippen LogP contribution in [-0.2, 0) is 0 Å². The number of carbonyl (C=O) groups is 1. The summed E-state index contributed by atoms with van der Waals surface area (Å²) in [6, 6.07) is 30.2. The largest absolute Gasteiger partial charge is 0.497 e. The van der Waals surface area contributed by atoms with E-state index in [1.165, 1.54) is 0 Å². The predicted molar refractivity (Wildman–Crippen MR) is 133 cm³/mol. The fraction of sp³-hybridized carbons (Fsp3) is 0.0690. The lowest BCUT2D eigenvalue weighted by Gasteiger charge is -2.12. The number of rotatable bonds is 6. The van der Waals surface area contributed by atoms with Crippen LogP contribution in [0.4, 0.5) is 0 Å². The van der Waals surface area contributed by atoms with Gasteiger partial charge >= 0.3 is 0 Å². The average molecular weight is 447 g/mol. The zero-order chi connectivity index (χ0) is 23.5. The van der Waals surface area contributed by atoms with Crippen LogP contribution in [0.1, 0.15) is 15.9 Å². The van der Waals surface area contributed by atoms with E-state index >= 15 is 0 Å². The molecule has 5 aromatic rings. The third-order valence-corrected chi connectivity index (χ3v) is 5.69. The molecule has 34 heavy (non-hydrogen) atoms. The molecule has 1 aromatic heterocycles. The van der Waals surface area contributed by atoms with Crippen LogP contribution in [-0.4, -0.2) is 30.0 Å². The van der Waals surface area contributed by atoms with Crippen molar-refractivity contribution in [1.82, 2.24) is 9.97 Å². The van der Waals surface area contributed by atoms with Crippen LogP contribution in [0.3, 0.4) is 0 Å². The number of carbonyl (C=O) groups excluding carboxylic acids is 1. The maximum atomic E-state index is 13.0. The monoisotopic (exact) mass is 446 g/mol. The first-order valence-corrected chi connectivity index (χ1v) is 10.9. The SMILES string of the molecule is COc1ccc(-c2nc3ccc(C(=O)c4ccccc4)cc3nc2-c2ccc(OC)cc2)cc1. The van der Waals surface area contributed by atoms with Crippen LogP contribution in [0.2, 0.25) is 0 Å². The van der Waals surface area contributed by atoms with Crippen molar-refractivity contribution in [3.63, 3.8) is 0 Å². The van der Waals surface area contributed by atoms with Gasteiger partial charge in [-0.3, -0.25) is 4.79 Å². The highest BCUT2D eigenvalue weighted by Crippen LogP contribution is 2.33. The maximum absolute atomic E-state index is 13.0. The van der Waals surface area contributed by atoms with E-state index in [9.17, 15) is 4.79 Å². The molecule has 0 aliphatic heterocycles. The van der Waals surface area contributed by atoms with Gasteiger partial charge in [-0.25, -0.2) is 9.97 Å². The topological polar surface area (TPSA) is 61.3 Å². The Hall–Kier alpha value is -4.51. The second-order valence-corrected chi connectivity index (χ2v) is 7.78. The fourth-order valence-corrected chi connectivity index (χ4v) is 3.85. The Morgan fingerprint density at radius 3 is 1.65 bits per heavy atom. The van der Waals surface area contributed by atoms with Crippen LogP contribution in [0.25, 0.3) is 33.5 Å². The quantitative estimate of drug-likeness (QED) is 0.290. The molecule has 166 valence electrons. The van der Waals surface area contributed by atoms with Crippen molar-refractivity contribution in [2.45, 2.75) is 0 Å². The molecule has 0 saturated heterocycles. The van der Waals surface area contributed by atoms with E-state index in [1.54, 1.807) is 20.3 Å². The number of benzene rings is 4. The summed E-state index contributed by atoms with van der Waals surface area (Å²) >= 11 is 0. The Kier molecular flexibility index (Phi) is 5.75. The summed E-state index contributed by atoms with van der Waals surface area (Å²) in [6.45, 7) is 0. The van der Waals surface area contributed by atoms with Gasteiger partial charge in [0, 0.05) is 22.3 Å². The first-order valence-electron chi connectivity index (χ1n) is 10.9. The zero-order valence-corrected chi connectivity index (χ0v) is 18.9. The molecular weight excluding hydrogens is 424 g/mol. The summed E-state index contributed by atoms with van der Waals surface area (Å²) in [5.74, 6) is 1.49. The van der Waals surface area contributed by atoms with Crippen LogP contribution < -0.4 is 9.47 Å². The van der Waals surface area contributed by atoms with Crippen LogP contribution in [0, 0.1) is 0 Å². The number of aromatic nitrogens is 2. The van der Waals surface area contributed by atoms with Crippen molar-refractivity contribution >= 4 is 16.8 Å². The number of hydrogen-bond donors (Lipinski definition) is 0. The molecule has 0 aliphatic rings. The Bertz CT molecular complexity index is 1460. The molecule has 0 atom stereocenters. The lowest BCUT2D eigenvalue weighted by Crippen LogP contribution is -2.02. The van der Waals surface area contributed by atoms with Gasteiger partial charge in [0.15, 0.2) is 5.78 Å². The van der Waals surface area contributed by atoms with Gasteiger partial charge in [0.25, 0.3) is 0 Å². The normalized spacial score (nSPS) is 10.8. The van der Waals surface area contributed by atoms with Gasteiger partial charge in [0.1, 0.15) is 11.5 Å². The first kappa shape index (κ1) is 21.3. The zero-order valence-electron chi connectivity index (χ0n) is 18.9. The number of nitrogens with zero attached hydrogens (tertiary/aromatic N) is 2. The molecule has 0 aliphatic carbocycles. The number of methoxy groups -OCH3 is 2. The Morgan fingerprint density at radius 1 is 0.588 bits per heavy atom. The van der Waals surface area contributed by atoms with Gasteiger partial charge < -0.3 is 9.47 Å². The molecule has 5 rings (SSSR count). The minimum Gasteiger partial charge on any atom is -0.497 e. The van der Waals surface area contributed by atoms with E-state index in [1.807, 2.05) is 91.0 Å². The summed E-state index contributed by atoms with van der Waals surface area (Å²) in [5.41, 5.74) is 5.89. The van der Waals surface area contributed by atoms with Gasteiger partial charge in [-0.15, -0.1) is 0 Å². The fourth-order valence-electron chi connectivity index (χ4n) is 3.85. The molecule has 0 amide bonds. The number of ether oxygens (including phenoxy) is 2. The van der Waals surface area contributed by atoms with Gasteiger partial charge in [-0.2, -0.15) is 0 Å². The summed E-state index contributed by atoms with van der Waals surface area (Å²) in [6.07, 6.45) is 0. The van der Waals surface area contributed by atoms with E-state index in [-0.39, 0.29) is 5.78 Å². The standard InChI is InChI=1S/C29H22N2O3/c1-33-23-13-8-19(9-14-23)27-28(20-10-15-24(34-2)16-11-20)31-26-18-22(12-17-25(26)30-27)29(32)21-6-4-3-5-7-21/h3-18H,1-2H3. The van der Waals surface area contributed by atoms with Crippen molar-refractivity contribution < 1.29 is 14.3 Å². The summed E-state index contributed by atoms with van der Waals surface area (Å²) in [5, 5.41) is 0. The van der Waals surface area contributed by atoms with Crippen LogP contribution >= 0.6 is 0 Å². The van der Waals surface area contributed by atoms with Crippen molar-refractivity contribution in [3.05, 3.63) is 108 Å². The first-order chi connectivity index (χ1) is 16.7. The lowest BCUT2D eigenvalue weighted by atomic mass is 10.0. The summed E-state index contributed by atoms with van der Waals surface area (Å²) < 4.78 is 10.6. The molecule has 0 unspecified atom stereocenters. The van der Waals surface area contributed by atoms with Crippen LogP contribution in [0.5, 0.6) is 11.5 Å². The molecule has 0 saturated carbocycles. The van der Waals surface area contributed by atoms with Gasteiger partial charge in [0.05, 0.1) is 36.6 Å². The highest BCUT2D eigenvalue weighted by atomic mass is 16.5. The van der Waals surface area contributed by atoms with Gasteiger partial charge in [0.2, 0.25) is 0 Å². The summed E-state index contributed by atoms with van der Waals surface area (Å²) in [7, 11) is 3.28. The van der Waals surface area contributed by atoms with Crippen LogP contribution in [0.15, 0.2) is 97.1 Å². The molecule has 0 fully saturated rings. The van der Waals surface area contributed by atoms with Crippen molar-refractivity contribution in [1.29, 1.82) is 0 Å². The Balaban J connectivity index is 1.67. The minimum absolute atomic E-state index is 0.0467. The van der Waals surface area contributed by atoms with Gasteiger partial charge in [-0.1, -0.05) is 30.3 Å². The molecule has 4 aromatic carbocycles. The Labute approximate surface area is 197 Å². The highest BCUT2D eigenvalue weighted by Gasteiger charge is 2.16. The predicted octanol–water partition coefficient (Wildman–Crippen LogP) is 6.21. The molecule has 5 nitrogen and oxygen atoms in total. The van der Waals surface area contributed by atoms with Crippen molar-refractivity contribution in [3.8, 4) is 34.0 Å². The summed E-state index contributed by atoms with van der Waals surface area (Å²) in [4.78, 5) is 22.9. The lowest BCUT2D eigenvalue weighted by molar-refractivity contribution is 0.103. The maximum Gasteiger partial charge on any atom is 0.193 e. The highest BCUT2D eigenvalue weighted by molar-refractivity contribution is 6.10. The van der Waals surface area contributed by atoms with E-state index in [2.05, 4.69) is 0 Å². The smallest absolute Gasteiger partial charge is 0.193 e. The molecule has 1 heterocycles. The average Bonchev–Trinajstić information content (AvgIpc) is 2.92. The van der Waals surface area contributed by atoms with E-state index < -0.39 is 0 Å². The number of fused-ring (bicyclic) bond motifs is 1. The molecule has 0 spiro atoms. The van der Waals surface area contributed by atoms with Crippen molar-refractivity contribution in [2.24, 2.45) is 0 Å². The Morgan fingerprint density at radius 2 is 1.12 bits per heavy atom. The van der Waals surface area contributed by atoms with E-state index in [4.69, 9.17) is 19.4 Å². The van der Waals surface area contributed by atoms with Gasteiger partial charge in [-0.05, 0) is 66.7 Å². The third-order valence-electron chi connectivity index (χ3n) is 5.69. The van der Waals surface area contributed by atoms with E-state index in [0.29, 0.717) is 22.2 Å². The number of hydrogen-bond acceptors (Lipinski definition) is 5. The third kappa shape index (κ3) is 4.11. The molecule has 0 radical (unpaired) electrons. The molecular formula is C29H22N2O3. The second-order valence-electron chi connectivity index (χ2n) is 7.78. The minimum atomic E-state index is -0.0467. The molecule has 5 heteroatoms. The number of ketones is 1. The molecule has 0 bridgehead atoms. The van der Waals surface area contributed by atoms with E-state index in [0.717, 1.165) is 34.0 Å².